The Morgan fingerprint density at radius 2 is 1.68 bits per heavy atom. The van der Waals surface area contributed by atoms with E-state index in [2.05, 4.69) is 11.8 Å². The minimum absolute atomic E-state index is 0.0154. The van der Waals surface area contributed by atoms with E-state index in [4.69, 9.17) is 9.47 Å². The van der Waals surface area contributed by atoms with Crippen LogP contribution in [0.1, 0.15) is 99.5 Å². The highest BCUT2D eigenvalue weighted by molar-refractivity contribution is 6.13. The molecule has 1 heterocycles. The van der Waals surface area contributed by atoms with Gasteiger partial charge in [-0.05, 0) is 111 Å². The molecule has 8 rings (SSSR count). The molecule has 0 spiro atoms. The number of methoxy groups -OCH3 is 2. The van der Waals surface area contributed by atoms with Gasteiger partial charge in [0, 0.05) is 60.5 Å². The van der Waals surface area contributed by atoms with E-state index in [-0.39, 0.29) is 65.9 Å². The fourth-order valence-electron chi connectivity index (χ4n) is 11.9. The van der Waals surface area contributed by atoms with Crippen LogP contribution in [0.4, 0.5) is 8.78 Å². The number of rotatable bonds is 7. The van der Waals surface area contributed by atoms with Crippen molar-refractivity contribution in [1.82, 2.24) is 4.90 Å². The molecule has 5 aliphatic carbocycles. The second-order valence-corrected chi connectivity index (χ2v) is 17.9. The molecule has 2 aromatic carbocycles. The summed E-state index contributed by atoms with van der Waals surface area (Å²) in [4.78, 5) is 40.6. The number of Topliss-reactive ketones (excluding diaryl/α,β-unsaturated/α-hetero) is 3. The van der Waals surface area contributed by atoms with Crippen LogP contribution in [0.2, 0.25) is 0 Å². The lowest BCUT2D eigenvalue weighted by Gasteiger charge is -2.60. The van der Waals surface area contributed by atoms with E-state index >= 15 is 4.39 Å². The average molecular weight is 778 g/mol. The van der Waals surface area contributed by atoms with Crippen LogP contribution in [-0.2, 0) is 22.6 Å². The summed E-state index contributed by atoms with van der Waals surface area (Å²) in [6.45, 7) is 4.95. The molecule has 8 atom stereocenters. The van der Waals surface area contributed by atoms with Crippen molar-refractivity contribution < 1.29 is 48.0 Å². The predicted octanol–water partition coefficient (Wildman–Crippen LogP) is 6.37. The molecule has 2 aromatic rings. The number of allylic oxidation sites excluding steroid dienone is 2. The Bertz CT molecular complexity index is 1890. The van der Waals surface area contributed by atoms with Crippen LogP contribution in [0.5, 0.6) is 11.5 Å². The second kappa shape index (κ2) is 15.3. The first-order valence-corrected chi connectivity index (χ1v) is 20.3. The number of aliphatic hydroxyl groups excluding tert-OH is 2. The van der Waals surface area contributed by atoms with Crippen LogP contribution in [0.25, 0.3) is 0 Å². The number of halogens is 2. The Morgan fingerprint density at radius 3 is 2.36 bits per heavy atom. The SMILES string of the molecule is COc1cc2c(cc1OC)C(=O)/C(=C\C1(F)CCN(Cc3ccccc3F)CC1)C2.C[C@]12CC[C@@H](O)C[C@H]1CC[C@@H]1[C@@H]2C(=O)C[C@@]2(C)[C@H]1CC[C@]2(O)C(=O)CO. The molecule has 1 aliphatic heterocycles. The Labute approximate surface area is 328 Å². The number of carbonyl (C=O) groups is 3. The lowest BCUT2D eigenvalue weighted by molar-refractivity contribution is -0.180. The van der Waals surface area contributed by atoms with Gasteiger partial charge in [-0.2, -0.15) is 0 Å². The monoisotopic (exact) mass is 777 g/mol. The van der Waals surface area contributed by atoms with Crippen molar-refractivity contribution in [3.05, 3.63) is 70.6 Å². The van der Waals surface area contributed by atoms with Gasteiger partial charge in [-0.1, -0.05) is 32.0 Å². The fourth-order valence-corrected chi connectivity index (χ4v) is 11.9. The number of likely N-dealkylation sites (tertiary alicyclic amines) is 1. The number of fused-ring (bicyclic) bond motifs is 6. The van der Waals surface area contributed by atoms with Gasteiger partial charge in [-0.15, -0.1) is 0 Å². The number of piperidine rings is 1. The molecule has 0 radical (unpaired) electrons. The van der Waals surface area contributed by atoms with Gasteiger partial charge in [0.2, 0.25) is 0 Å². The Morgan fingerprint density at radius 1 is 0.982 bits per heavy atom. The second-order valence-electron chi connectivity index (χ2n) is 17.9. The topological polar surface area (TPSA) is 134 Å². The third-order valence-electron chi connectivity index (χ3n) is 15.1. The average Bonchev–Trinajstić information content (AvgIpc) is 3.63. The molecule has 6 aliphatic rings. The highest BCUT2D eigenvalue weighted by Crippen LogP contribution is 2.67. The van der Waals surface area contributed by atoms with E-state index in [1.165, 1.54) is 19.3 Å². The van der Waals surface area contributed by atoms with Gasteiger partial charge in [-0.3, -0.25) is 19.3 Å². The van der Waals surface area contributed by atoms with Gasteiger partial charge >= 0.3 is 0 Å². The zero-order chi connectivity index (χ0) is 40.2. The normalized spacial score (nSPS) is 35.4. The van der Waals surface area contributed by atoms with E-state index in [1.54, 1.807) is 37.4 Å². The summed E-state index contributed by atoms with van der Waals surface area (Å²) in [7, 11) is 3.06. The highest BCUT2D eigenvalue weighted by Gasteiger charge is 2.68. The van der Waals surface area contributed by atoms with E-state index in [0.717, 1.165) is 44.1 Å². The maximum atomic E-state index is 15.5. The van der Waals surface area contributed by atoms with Crippen LogP contribution in [0.3, 0.4) is 0 Å². The number of nitrogens with zero attached hydrogens (tertiary/aromatic N) is 1. The zero-order valence-electron chi connectivity index (χ0n) is 33.1. The van der Waals surface area contributed by atoms with Crippen molar-refractivity contribution >= 4 is 17.3 Å². The minimum Gasteiger partial charge on any atom is -0.493 e. The molecule has 1 saturated heterocycles. The number of benzene rings is 2. The summed E-state index contributed by atoms with van der Waals surface area (Å²) >= 11 is 0. The summed E-state index contributed by atoms with van der Waals surface area (Å²) in [5, 5.41) is 30.6. The van der Waals surface area contributed by atoms with Gasteiger partial charge in [0.25, 0.3) is 0 Å². The number of hydrogen-bond donors (Lipinski definition) is 3. The van der Waals surface area contributed by atoms with E-state index in [0.29, 0.717) is 66.6 Å². The Hall–Kier alpha value is -3.51. The number of carbonyl (C=O) groups excluding carboxylic acids is 3. The zero-order valence-corrected chi connectivity index (χ0v) is 33.1. The van der Waals surface area contributed by atoms with E-state index < -0.39 is 29.1 Å². The molecule has 56 heavy (non-hydrogen) atoms. The van der Waals surface area contributed by atoms with Crippen molar-refractivity contribution in [1.29, 1.82) is 0 Å². The molecule has 304 valence electrons. The van der Waals surface area contributed by atoms with Crippen molar-refractivity contribution in [3.8, 4) is 11.5 Å². The van der Waals surface area contributed by atoms with Crippen molar-refractivity contribution in [2.45, 2.75) is 108 Å². The molecule has 0 amide bonds. The number of ether oxygens (including phenoxy) is 2. The van der Waals surface area contributed by atoms with Crippen LogP contribution in [0.15, 0.2) is 48.0 Å². The van der Waals surface area contributed by atoms with Crippen LogP contribution in [0, 0.1) is 40.3 Å². The van der Waals surface area contributed by atoms with Crippen molar-refractivity contribution in [3.63, 3.8) is 0 Å². The molecular weight excluding hydrogens is 720 g/mol. The summed E-state index contributed by atoms with van der Waals surface area (Å²) in [6, 6.07) is 10.1. The lowest BCUT2D eigenvalue weighted by Crippen LogP contribution is -2.62. The van der Waals surface area contributed by atoms with E-state index in [9.17, 15) is 34.1 Å². The Kier molecular flexibility index (Phi) is 11.1. The number of aliphatic hydroxyl groups is 3. The Balaban J connectivity index is 0.000000173. The van der Waals surface area contributed by atoms with Gasteiger partial charge in [0.05, 0.1) is 20.3 Å². The molecule has 9 nitrogen and oxygen atoms in total. The van der Waals surface area contributed by atoms with Gasteiger partial charge in [0.1, 0.15) is 29.5 Å². The molecule has 0 bridgehead atoms. The van der Waals surface area contributed by atoms with Crippen LogP contribution in [-0.4, -0.2) is 88.9 Å². The fraction of sp³-hybridized carbons (Fsp3) is 0.622. The van der Waals surface area contributed by atoms with Crippen LogP contribution >= 0.6 is 0 Å². The summed E-state index contributed by atoms with van der Waals surface area (Å²) in [5.41, 5.74) is -1.48. The summed E-state index contributed by atoms with van der Waals surface area (Å²) in [5.74, 6) is 1.03. The number of alkyl halides is 1. The van der Waals surface area contributed by atoms with Gasteiger partial charge in [0.15, 0.2) is 23.1 Å². The first-order chi connectivity index (χ1) is 26.6. The minimum atomic E-state index is -1.58. The van der Waals surface area contributed by atoms with Gasteiger partial charge < -0.3 is 24.8 Å². The summed E-state index contributed by atoms with van der Waals surface area (Å²) in [6.07, 6.45) is 7.93. The third kappa shape index (κ3) is 6.94. The molecular formula is C45H57F2NO8. The van der Waals surface area contributed by atoms with Crippen molar-refractivity contribution in [2.24, 2.45) is 34.5 Å². The molecule has 11 heteroatoms. The molecule has 4 saturated carbocycles. The van der Waals surface area contributed by atoms with Gasteiger partial charge in [-0.25, -0.2) is 8.78 Å². The van der Waals surface area contributed by atoms with Crippen LogP contribution < -0.4 is 9.47 Å². The largest absolute Gasteiger partial charge is 0.493 e. The molecule has 0 unspecified atom stereocenters. The smallest absolute Gasteiger partial charge is 0.190 e. The quantitative estimate of drug-likeness (QED) is 0.274. The third-order valence-corrected chi connectivity index (χ3v) is 15.1. The highest BCUT2D eigenvalue weighted by atomic mass is 19.1. The first-order valence-electron chi connectivity index (χ1n) is 20.3. The van der Waals surface area contributed by atoms with E-state index in [1.807, 2.05) is 6.92 Å². The maximum Gasteiger partial charge on any atom is 0.190 e. The first kappa shape index (κ1) is 40.7. The summed E-state index contributed by atoms with van der Waals surface area (Å²) < 4.78 is 40.0. The molecule has 0 aromatic heterocycles. The lowest BCUT2D eigenvalue weighted by atomic mass is 9.44. The van der Waals surface area contributed by atoms with Crippen molar-refractivity contribution in [2.75, 3.05) is 33.9 Å². The number of hydrogen-bond acceptors (Lipinski definition) is 9. The number of ketones is 3. The predicted molar refractivity (Wildman–Crippen MR) is 206 cm³/mol. The molecule has 5 fully saturated rings. The standard InChI is InChI=1S/C24H25F2NO3.C21H32O5/c1-29-21-12-17-11-18(23(28)19(17)13-22(21)30-2)14-24(26)7-9-27(10-8-24)15-16-5-3-4-6-20(16)25;1-19-7-5-13(23)9-12(19)3-4-14-15-6-8-21(26,17(25)11-22)20(15,2)10-16(24)18(14)19/h3-6,12-14H,7-11,15H2,1-2H3;12-15,18,22-23,26H,3-11H2,1-2H3/b18-14-;/t;12-,13-,14+,15+,18-,19+,20+,21+/m.1/s1. The molecule has 3 N–H and O–H groups in total. The maximum absolute atomic E-state index is 15.5.